The number of nitrogens with one attached hydrogen (secondary N) is 2. The first-order valence-corrected chi connectivity index (χ1v) is 9.30. The minimum atomic E-state index is -4.40. The summed E-state index contributed by atoms with van der Waals surface area (Å²) in [5, 5.41) is 6.31. The van der Waals surface area contributed by atoms with E-state index in [9.17, 15) is 18.0 Å². The van der Waals surface area contributed by atoms with E-state index < -0.39 is 11.7 Å². The van der Waals surface area contributed by atoms with E-state index in [4.69, 9.17) is 0 Å². The van der Waals surface area contributed by atoms with Crippen LogP contribution < -0.4 is 10.6 Å². The van der Waals surface area contributed by atoms with Gasteiger partial charge >= 0.3 is 6.18 Å². The molecule has 0 atom stereocenters. The van der Waals surface area contributed by atoms with Gasteiger partial charge in [-0.1, -0.05) is 24.3 Å². The third-order valence-electron chi connectivity index (χ3n) is 5.17. The summed E-state index contributed by atoms with van der Waals surface area (Å²) in [6, 6.07) is 10.7. The molecular weight excluding hydrogens is 367 g/mol. The van der Waals surface area contributed by atoms with Gasteiger partial charge in [0.1, 0.15) is 0 Å². The number of hydrogen-bond donors (Lipinski definition) is 2. The molecule has 1 amide bonds. The third kappa shape index (κ3) is 3.80. The molecule has 2 aromatic carbocycles. The average molecular weight is 387 g/mol. The predicted molar refractivity (Wildman–Crippen MR) is 101 cm³/mol. The molecule has 0 bridgehead atoms. The van der Waals surface area contributed by atoms with Crippen LogP contribution in [0.4, 0.5) is 18.9 Å². The quantitative estimate of drug-likeness (QED) is 0.840. The summed E-state index contributed by atoms with van der Waals surface area (Å²) in [5.74, 6) is -0.183. The van der Waals surface area contributed by atoms with Gasteiger partial charge in [0, 0.05) is 12.5 Å². The van der Waals surface area contributed by atoms with Crippen LogP contribution in [0.2, 0.25) is 0 Å². The normalized spacial score (nSPS) is 17.2. The van der Waals surface area contributed by atoms with Crippen molar-refractivity contribution < 1.29 is 18.0 Å². The fourth-order valence-electron chi connectivity index (χ4n) is 3.68. The van der Waals surface area contributed by atoms with Crippen LogP contribution in [0.3, 0.4) is 0 Å². The highest BCUT2D eigenvalue weighted by Gasteiger charge is 2.31. The number of halogens is 3. The molecule has 2 heterocycles. The van der Waals surface area contributed by atoms with E-state index in [0.29, 0.717) is 28.9 Å². The Morgan fingerprint density at radius 1 is 1.11 bits per heavy atom. The lowest BCUT2D eigenvalue weighted by atomic mass is 10.0. The SMILES string of the molecule is O=C(NC1CCNCC1)c1cccc2c1N=C(c1cccc(C(F)(F)F)c1)C2. The summed E-state index contributed by atoms with van der Waals surface area (Å²) in [4.78, 5) is 17.3. The summed E-state index contributed by atoms with van der Waals surface area (Å²) < 4.78 is 39.0. The number of aliphatic imine (C=N–C) groups is 1. The van der Waals surface area contributed by atoms with Crippen molar-refractivity contribution in [3.05, 3.63) is 64.7 Å². The van der Waals surface area contributed by atoms with Crippen molar-refractivity contribution in [2.75, 3.05) is 13.1 Å². The molecule has 0 saturated carbocycles. The molecule has 0 radical (unpaired) electrons. The molecule has 2 aromatic rings. The van der Waals surface area contributed by atoms with Crippen LogP contribution in [0, 0.1) is 0 Å². The van der Waals surface area contributed by atoms with Gasteiger partial charge in [-0.2, -0.15) is 13.2 Å². The van der Waals surface area contributed by atoms with Gasteiger partial charge < -0.3 is 10.6 Å². The zero-order valence-corrected chi connectivity index (χ0v) is 15.1. The van der Waals surface area contributed by atoms with Gasteiger partial charge in [0.2, 0.25) is 0 Å². The number of piperidine rings is 1. The van der Waals surface area contributed by atoms with Gasteiger partial charge in [0.25, 0.3) is 5.91 Å². The fraction of sp³-hybridized carbons (Fsp3) is 0.333. The molecule has 2 aliphatic heterocycles. The minimum absolute atomic E-state index is 0.123. The largest absolute Gasteiger partial charge is 0.416 e. The van der Waals surface area contributed by atoms with Crippen molar-refractivity contribution in [2.24, 2.45) is 4.99 Å². The van der Waals surface area contributed by atoms with Crippen LogP contribution in [0.15, 0.2) is 47.5 Å². The Morgan fingerprint density at radius 2 is 1.86 bits per heavy atom. The molecule has 4 nitrogen and oxygen atoms in total. The molecule has 0 spiro atoms. The monoisotopic (exact) mass is 387 g/mol. The van der Waals surface area contributed by atoms with E-state index in [1.165, 1.54) is 6.07 Å². The van der Waals surface area contributed by atoms with E-state index in [2.05, 4.69) is 15.6 Å². The fourth-order valence-corrected chi connectivity index (χ4v) is 3.68. The Hall–Kier alpha value is -2.67. The van der Waals surface area contributed by atoms with Crippen LogP contribution in [-0.4, -0.2) is 30.8 Å². The van der Waals surface area contributed by atoms with Crippen molar-refractivity contribution >= 4 is 17.3 Å². The summed E-state index contributed by atoms with van der Waals surface area (Å²) in [7, 11) is 0. The number of alkyl halides is 3. The molecule has 7 heteroatoms. The molecule has 1 fully saturated rings. The summed E-state index contributed by atoms with van der Waals surface area (Å²) in [5.41, 5.74) is 2.15. The lowest BCUT2D eigenvalue weighted by Gasteiger charge is -2.23. The first-order chi connectivity index (χ1) is 13.4. The van der Waals surface area contributed by atoms with E-state index in [-0.39, 0.29) is 11.9 Å². The average Bonchev–Trinajstić information content (AvgIpc) is 3.12. The van der Waals surface area contributed by atoms with Crippen LogP contribution in [0.5, 0.6) is 0 Å². The highest BCUT2D eigenvalue weighted by Crippen LogP contribution is 2.34. The number of nitrogens with zero attached hydrogens (tertiary/aromatic N) is 1. The van der Waals surface area contributed by atoms with Gasteiger partial charge in [0.15, 0.2) is 0 Å². The predicted octanol–water partition coefficient (Wildman–Crippen LogP) is 3.86. The first kappa shape index (κ1) is 18.7. The smallest absolute Gasteiger partial charge is 0.349 e. The second kappa shape index (κ2) is 7.39. The lowest BCUT2D eigenvalue weighted by Crippen LogP contribution is -2.42. The Labute approximate surface area is 160 Å². The van der Waals surface area contributed by atoms with Gasteiger partial charge in [-0.05, 0) is 55.3 Å². The van der Waals surface area contributed by atoms with E-state index >= 15 is 0 Å². The third-order valence-corrected chi connectivity index (χ3v) is 5.17. The Balaban J connectivity index is 1.60. The zero-order valence-electron chi connectivity index (χ0n) is 15.1. The molecule has 0 unspecified atom stereocenters. The van der Waals surface area contributed by atoms with Crippen LogP contribution in [0.1, 0.15) is 39.9 Å². The molecular formula is C21H20F3N3O. The van der Waals surface area contributed by atoms with Gasteiger partial charge in [-0.25, -0.2) is 0 Å². The van der Waals surface area contributed by atoms with E-state index in [1.807, 2.05) is 6.07 Å². The maximum atomic E-state index is 13.0. The molecule has 1 saturated heterocycles. The Bertz CT molecular complexity index is 931. The Morgan fingerprint density at radius 3 is 2.61 bits per heavy atom. The highest BCUT2D eigenvalue weighted by atomic mass is 19.4. The number of rotatable bonds is 3. The maximum Gasteiger partial charge on any atom is 0.416 e. The van der Waals surface area contributed by atoms with Gasteiger partial charge in [-0.15, -0.1) is 0 Å². The standard InChI is InChI=1S/C21H20F3N3O/c22-21(23,24)15-5-1-3-13(11-15)18-12-14-4-2-6-17(19(14)27-18)20(28)26-16-7-9-25-10-8-16/h1-6,11,16,25H,7-10,12H2,(H,26,28). The molecule has 146 valence electrons. The van der Waals surface area contributed by atoms with Crippen LogP contribution in [0.25, 0.3) is 0 Å². The second-order valence-electron chi connectivity index (χ2n) is 7.12. The summed E-state index contributed by atoms with van der Waals surface area (Å²) >= 11 is 0. The number of fused-ring (bicyclic) bond motifs is 1. The van der Waals surface area contributed by atoms with Crippen LogP contribution >= 0.6 is 0 Å². The summed E-state index contributed by atoms with van der Waals surface area (Å²) in [6.07, 6.45) is -2.24. The van der Waals surface area contributed by atoms with Gasteiger partial charge in [-0.3, -0.25) is 9.79 Å². The molecule has 4 rings (SSSR count). The number of hydrogen-bond acceptors (Lipinski definition) is 3. The summed E-state index contributed by atoms with van der Waals surface area (Å²) in [6.45, 7) is 1.74. The van der Waals surface area contributed by atoms with Crippen molar-refractivity contribution in [3.63, 3.8) is 0 Å². The molecule has 0 aliphatic carbocycles. The number of para-hydroxylation sites is 1. The number of carbonyl (C=O) groups is 1. The topological polar surface area (TPSA) is 53.5 Å². The number of amides is 1. The second-order valence-corrected chi connectivity index (χ2v) is 7.12. The van der Waals surface area contributed by atoms with Crippen molar-refractivity contribution in [1.29, 1.82) is 0 Å². The zero-order chi connectivity index (χ0) is 19.7. The van der Waals surface area contributed by atoms with Crippen molar-refractivity contribution in [3.8, 4) is 0 Å². The van der Waals surface area contributed by atoms with Crippen LogP contribution in [-0.2, 0) is 12.6 Å². The number of benzene rings is 2. The molecule has 0 aromatic heterocycles. The van der Waals surface area contributed by atoms with Gasteiger partial charge in [0.05, 0.1) is 22.5 Å². The maximum absolute atomic E-state index is 13.0. The minimum Gasteiger partial charge on any atom is -0.349 e. The lowest BCUT2D eigenvalue weighted by molar-refractivity contribution is -0.137. The first-order valence-electron chi connectivity index (χ1n) is 9.30. The van der Waals surface area contributed by atoms with Crippen molar-refractivity contribution in [1.82, 2.24) is 10.6 Å². The Kier molecular flexibility index (Phi) is 4.93. The number of carbonyl (C=O) groups excluding carboxylic acids is 1. The molecule has 2 N–H and O–H groups in total. The molecule has 2 aliphatic rings. The highest BCUT2D eigenvalue weighted by molar-refractivity contribution is 6.10. The molecule has 28 heavy (non-hydrogen) atoms. The van der Waals surface area contributed by atoms with Crippen molar-refractivity contribution in [2.45, 2.75) is 31.5 Å². The van der Waals surface area contributed by atoms with E-state index in [1.54, 1.807) is 18.2 Å². The van der Waals surface area contributed by atoms with E-state index in [0.717, 1.165) is 43.6 Å².